The zero-order valence-corrected chi connectivity index (χ0v) is 10.8. The van der Waals surface area contributed by atoms with Crippen LogP contribution < -0.4 is 5.32 Å². The normalized spacial score (nSPS) is 10.9. The molecule has 0 aliphatic heterocycles. The van der Waals surface area contributed by atoms with Crippen LogP contribution in [0.15, 0.2) is 36.7 Å². The third kappa shape index (κ3) is 2.90. The monoisotopic (exact) mass is 245 g/mol. The van der Waals surface area contributed by atoms with Crippen molar-refractivity contribution in [3.05, 3.63) is 48.0 Å². The van der Waals surface area contributed by atoms with Gasteiger partial charge < -0.3 is 15.0 Å². The fraction of sp³-hybridized carbons (Fsp3) is 0.357. The van der Waals surface area contributed by atoms with Crippen LogP contribution in [0.1, 0.15) is 31.3 Å². The summed E-state index contributed by atoms with van der Waals surface area (Å²) in [4.78, 5) is 4.35. The van der Waals surface area contributed by atoms with Crippen molar-refractivity contribution >= 4 is 5.69 Å². The van der Waals surface area contributed by atoms with E-state index in [-0.39, 0.29) is 6.61 Å². The van der Waals surface area contributed by atoms with Gasteiger partial charge in [0.2, 0.25) is 0 Å². The molecule has 0 aliphatic rings. The maximum Gasteiger partial charge on any atom is 0.128 e. The highest BCUT2D eigenvalue weighted by Crippen LogP contribution is 2.13. The largest absolute Gasteiger partial charge is 0.392 e. The summed E-state index contributed by atoms with van der Waals surface area (Å²) in [5.74, 6) is 1.01. The summed E-state index contributed by atoms with van der Waals surface area (Å²) in [6, 6.07) is 8.18. The topological polar surface area (TPSA) is 50.1 Å². The summed E-state index contributed by atoms with van der Waals surface area (Å²) in [7, 11) is 0. The van der Waals surface area contributed by atoms with Gasteiger partial charge in [-0.3, -0.25) is 0 Å². The molecule has 2 aromatic rings. The van der Waals surface area contributed by atoms with Crippen LogP contribution in [0.5, 0.6) is 0 Å². The Labute approximate surface area is 107 Å². The average Bonchev–Trinajstić information content (AvgIpc) is 2.85. The van der Waals surface area contributed by atoms with Gasteiger partial charge in [-0.05, 0) is 31.5 Å². The number of aliphatic hydroxyl groups is 1. The van der Waals surface area contributed by atoms with Crippen LogP contribution in [-0.4, -0.2) is 14.7 Å². The molecule has 2 N–H and O–H groups in total. The van der Waals surface area contributed by atoms with Crippen LogP contribution in [0.2, 0.25) is 0 Å². The minimum Gasteiger partial charge on any atom is -0.392 e. The Kier molecular flexibility index (Phi) is 3.99. The van der Waals surface area contributed by atoms with Crippen molar-refractivity contribution in [2.24, 2.45) is 0 Å². The SMILES string of the molecule is CC(C)n1ccnc1CNc1cccc(CO)c1. The number of aliphatic hydroxyl groups excluding tert-OH is 1. The molecule has 4 heteroatoms. The van der Waals surface area contributed by atoms with E-state index in [1.165, 1.54) is 0 Å². The van der Waals surface area contributed by atoms with Crippen molar-refractivity contribution in [3.8, 4) is 0 Å². The molecule has 4 nitrogen and oxygen atoms in total. The van der Waals surface area contributed by atoms with Gasteiger partial charge in [-0.1, -0.05) is 12.1 Å². The van der Waals surface area contributed by atoms with Crippen LogP contribution in [0.3, 0.4) is 0 Å². The molecule has 1 aromatic carbocycles. The van der Waals surface area contributed by atoms with Crippen LogP contribution in [0, 0.1) is 0 Å². The third-order valence-electron chi connectivity index (χ3n) is 2.87. The molecule has 0 fully saturated rings. The Bertz CT molecular complexity index is 505. The number of nitrogens with one attached hydrogen (secondary N) is 1. The molecular formula is C14H19N3O. The van der Waals surface area contributed by atoms with E-state index in [9.17, 15) is 0 Å². The molecule has 2 rings (SSSR count). The van der Waals surface area contributed by atoms with Gasteiger partial charge in [-0.15, -0.1) is 0 Å². The quantitative estimate of drug-likeness (QED) is 0.851. The van der Waals surface area contributed by atoms with Crippen LogP contribution in [0.25, 0.3) is 0 Å². The molecule has 0 unspecified atom stereocenters. The van der Waals surface area contributed by atoms with Crippen molar-refractivity contribution in [1.29, 1.82) is 0 Å². The molecule has 0 bridgehead atoms. The summed E-state index contributed by atoms with van der Waals surface area (Å²) in [5.41, 5.74) is 1.91. The summed E-state index contributed by atoms with van der Waals surface area (Å²) in [6.45, 7) is 5.02. The lowest BCUT2D eigenvalue weighted by Crippen LogP contribution is -2.10. The molecule has 18 heavy (non-hydrogen) atoms. The number of hydrogen-bond acceptors (Lipinski definition) is 3. The van der Waals surface area contributed by atoms with Crippen molar-refractivity contribution in [2.75, 3.05) is 5.32 Å². The predicted octanol–water partition coefficient (Wildman–Crippen LogP) is 2.57. The number of anilines is 1. The van der Waals surface area contributed by atoms with Crippen LogP contribution >= 0.6 is 0 Å². The first-order chi connectivity index (χ1) is 8.70. The Hall–Kier alpha value is -1.81. The molecule has 0 aliphatic carbocycles. The first-order valence-corrected chi connectivity index (χ1v) is 6.16. The highest BCUT2D eigenvalue weighted by molar-refractivity contribution is 5.45. The summed E-state index contributed by atoms with van der Waals surface area (Å²) in [6.07, 6.45) is 3.81. The average molecular weight is 245 g/mol. The zero-order valence-electron chi connectivity index (χ0n) is 10.8. The second-order valence-corrected chi connectivity index (χ2v) is 4.56. The van der Waals surface area contributed by atoms with Crippen molar-refractivity contribution in [3.63, 3.8) is 0 Å². The summed E-state index contributed by atoms with van der Waals surface area (Å²) in [5, 5.41) is 12.4. The molecule has 0 saturated carbocycles. The Morgan fingerprint density at radius 1 is 1.39 bits per heavy atom. The number of aromatic nitrogens is 2. The third-order valence-corrected chi connectivity index (χ3v) is 2.87. The van der Waals surface area contributed by atoms with Crippen molar-refractivity contribution < 1.29 is 5.11 Å². The summed E-state index contributed by atoms with van der Waals surface area (Å²) < 4.78 is 2.14. The number of imidazole rings is 1. The Balaban J connectivity index is 2.04. The molecule has 0 radical (unpaired) electrons. The van der Waals surface area contributed by atoms with E-state index >= 15 is 0 Å². The maximum absolute atomic E-state index is 9.09. The van der Waals surface area contributed by atoms with Gasteiger partial charge in [0, 0.05) is 24.1 Å². The molecule has 0 spiro atoms. The second-order valence-electron chi connectivity index (χ2n) is 4.56. The number of hydrogen-bond donors (Lipinski definition) is 2. The highest BCUT2D eigenvalue weighted by atomic mass is 16.3. The minimum absolute atomic E-state index is 0.0656. The molecular weight excluding hydrogens is 226 g/mol. The van der Waals surface area contributed by atoms with Crippen LogP contribution in [0.4, 0.5) is 5.69 Å². The first kappa shape index (κ1) is 12.6. The van der Waals surface area contributed by atoms with E-state index in [1.807, 2.05) is 36.7 Å². The Morgan fingerprint density at radius 2 is 2.22 bits per heavy atom. The molecule has 0 atom stereocenters. The molecule has 1 heterocycles. The fourth-order valence-electron chi connectivity index (χ4n) is 1.91. The van der Waals surface area contributed by atoms with E-state index in [2.05, 4.69) is 28.7 Å². The zero-order chi connectivity index (χ0) is 13.0. The lowest BCUT2D eigenvalue weighted by molar-refractivity contribution is 0.282. The van der Waals surface area contributed by atoms with E-state index in [0.717, 1.165) is 17.1 Å². The van der Waals surface area contributed by atoms with Gasteiger partial charge in [0.1, 0.15) is 5.82 Å². The molecule has 0 amide bonds. The molecule has 0 saturated heterocycles. The van der Waals surface area contributed by atoms with Crippen LogP contribution in [-0.2, 0) is 13.2 Å². The van der Waals surface area contributed by atoms with E-state index < -0.39 is 0 Å². The minimum atomic E-state index is 0.0656. The van der Waals surface area contributed by atoms with E-state index in [1.54, 1.807) is 0 Å². The maximum atomic E-state index is 9.09. The number of nitrogens with zero attached hydrogens (tertiary/aromatic N) is 2. The van der Waals surface area contributed by atoms with Crippen molar-refractivity contribution in [2.45, 2.75) is 33.0 Å². The van der Waals surface area contributed by atoms with Gasteiger partial charge in [0.05, 0.1) is 13.2 Å². The number of benzene rings is 1. The fourth-order valence-corrected chi connectivity index (χ4v) is 1.91. The van der Waals surface area contributed by atoms with Gasteiger partial charge in [0.15, 0.2) is 0 Å². The first-order valence-electron chi connectivity index (χ1n) is 6.16. The van der Waals surface area contributed by atoms with Crippen molar-refractivity contribution in [1.82, 2.24) is 9.55 Å². The van der Waals surface area contributed by atoms with E-state index in [0.29, 0.717) is 12.6 Å². The molecule has 1 aromatic heterocycles. The highest BCUT2D eigenvalue weighted by Gasteiger charge is 2.05. The lowest BCUT2D eigenvalue weighted by Gasteiger charge is -2.13. The standard InChI is InChI=1S/C14H19N3O/c1-11(2)17-7-6-15-14(17)9-16-13-5-3-4-12(8-13)10-18/h3-8,11,16,18H,9-10H2,1-2H3. The predicted molar refractivity (Wildman–Crippen MR) is 72.3 cm³/mol. The molecule has 96 valence electrons. The van der Waals surface area contributed by atoms with E-state index in [4.69, 9.17) is 5.11 Å². The second kappa shape index (κ2) is 5.69. The summed E-state index contributed by atoms with van der Waals surface area (Å²) >= 11 is 0. The van der Waals surface area contributed by atoms with Gasteiger partial charge in [-0.25, -0.2) is 4.98 Å². The lowest BCUT2D eigenvalue weighted by atomic mass is 10.2. The van der Waals surface area contributed by atoms with Gasteiger partial charge in [-0.2, -0.15) is 0 Å². The van der Waals surface area contributed by atoms with Gasteiger partial charge >= 0.3 is 0 Å². The smallest absolute Gasteiger partial charge is 0.128 e. The Morgan fingerprint density at radius 3 is 2.94 bits per heavy atom. The van der Waals surface area contributed by atoms with Gasteiger partial charge in [0.25, 0.3) is 0 Å². The number of rotatable bonds is 5.